The van der Waals surface area contributed by atoms with Crippen molar-refractivity contribution in [3.63, 3.8) is 0 Å². The second kappa shape index (κ2) is 8.13. The molecule has 0 atom stereocenters. The number of hydrogen-bond donors (Lipinski definition) is 0. The lowest BCUT2D eigenvalue weighted by Crippen LogP contribution is -2.49. The minimum atomic E-state index is -4.58. The summed E-state index contributed by atoms with van der Waals surface area (Å²) >= 11 is 0. The quantitative estimate of drug-likeness (QED) is 0.570. The maximum Gasteiger partial charge on any atom is 0.433 e. The Labute approximate surface area is 180 Å². The zero-order valence-corrected chi connectivity index (χ0v) is 17.3. The molecule has 1 saturated heterocycles. The minimum absolute atomic E-state index is 0.0116. The van der Waals surface area contributed by atoms with E-state index >= 15 is 0 Å². The van der Waals surface area contributed by atoms with Crippen LogP contribution in [0.3, 0.4) is 0 Å². The molecule has 8 nitrogen and oxygen atoms in total. The molecule has 0 saturated carbocycles. The highest BCUT2D eigenvalue weighted by Gasteiger charge is 2.34. The average Bonchev–Trinajstić information content (AvgIpc) is 2.77. The number of ether oxygens (including phenoxy) is 1. The minimum Gasteiger partial charge on any atom is -0.493 e. The summed E-state index contributed by atoms with van der Waals surface area (Å²) in [5.74, 6) is 0.0373. The Morgan fingerprint density at radius 3 is 2.50 bits per heavy atom. The topological polar surface area (TPSA) is 88.8 Å². The van der Waals surface area contributed by atoms with Gasteiger partial charge in [0.2, 0.25) is 0 Å². The predicted octanol–water partition coefficient (Wildman–Crippen LogP) is 2.88. The zero-order chi connectivity index (χ0) is 23.0. The molecular formula is C21H19F3N4O4. The van der Waals surface area contributed by atoms with Crippen molar-refractivity contribution in [2.75, 3.05) is 38.2 Å². The molecule has 2 aromatic heterocycles. The Bertz CT molecular complexity index is 1230. The number of aryl methyl sites for hydroxylation is 1. The van der Waals surface area contributed by atoms with Crippen molar-refractivity contribution in [3.8, 4) is 5.75 Å². The normalized spacial score (nSPS) is 14.7. The summed E-state index contributed by atoms with van der Waals surface area (Å²) in [5, 5.41) is 0.544. The number of fused-ring (bicyclic) bond motifs is 1. The van der Waals surface area contributed by atoms with E-state index in [-0.39, 0.29) is 49.0 Å². The fraction of sp³-hybridized carbons (Fsp3) is 0.333. The third kappa shape index (κ3) is 4.10. The second-order valence-corrected chi connectivity index (χ2v) is 7.26. The molecule has 0 aliphatic carbocycles. The van der Waals surface area contributed by atoms with Crippen molar-refractivity contribution < 1.29 is 27.1 Å². The molecule has 32 heavy (non-hydrogen) atoms. The number of alkyl halides is 3. The summed E-state index contributed by atoms with van der Waals surface area (Å²) in [6, 6.07) is 7.42. The number of aromatic nitrogens is 2. The maximum absolute atomic E-state index is 13.1. The van der Waals surface area contributed by atoms with Gasteiger partial charge in [-0.15, -0.1) is 0 Å². The number of rotatable bonds is 3. The van der Waals surface area contributed by atoms with Crippen LogP contribution in [0.5, 0.6) is 5.75 Å². The van der Waals surface area contributed by atoms with Gasteiger partial charge < -0.3 is 19.0 Å². The van der Waals surface area contributed by atoms with Crippen molar-refractivity contribution in [1.82, 2.24) is 14.9 Å². The lowest BCUT2D eigenvalue weighted by Gasteiger charge is -2.35. The lowest BCUT2D eigenvalue weighted by molar-refractivity contribution is -0.141. The van der Waals surface area contributed by atoms with Gasteiger partial charge in [-0.2, -0.15) is 13.2 Å². The molecular weight excluding hydrogens is 429 g/mol. The molecule has 0 spiro atoms. The Kier molecular flexibility index (Phi) is 5.49. The van der Waals surface area contributed by atoms with Gasteiger partial charge in [0.1, 0.15) is 22.9 Å². The first-order valence-corrected chi connectivity index (χ1v) is 9.75. The van der Waals surface area contributed by atoms with Gasteiger partial charge >= 0.3 is 11.8 Å². The summed E-state index contributed by atoms with van der Waals surface area (Å²) in [5.41, 5.74) is -1.66. The molecule has 1 amide bonds. The van der Waals surface area contributed by atoms with Crippen LogP contribution in [0.25, 0.3) is 11.0 Å². The van der Waals surface area contributed by atoms with Crippen molar-refractivity contribution in [2.24, 2.45) is 0 Å². The fourth-order valence-electron chi connectivity index (χ4n) is 3.60. The van der Waals surface area contributed by atoms with E-state index in [9.17, 15) is 22.8 Å². The number of carbonyl (C=O) groups is 1. The maximum atomic E-state index is 13.1. The van der Waals surface area contributed by atoms with Gasteiger partial charge in [-0.3, -0.25) is 4.79 Å². The molecule has 0 radical (unpaired) electrons. The molecule has 168 valence electrons. The summed E-state index contributed by atoms with van der Waals surface area (Å²) in [4.78, 5) is 36.0. The highest BCUT2D eigenvalue weighted by atomic mass is 19.4. The molecule has 0 N–H and O–H groups in total. The van der Waals surface area contributed by atoms with Crippen LogP contribution in [-0.4, -0.2) is 54.1 Å². The van der Waals surface area contributed by atoms with Gasteiger partial charge in [-0.25, -0.2) is 14.8 Å². The Morgan fingerprint density at radius 2 is 1.84 bits per heavy atom. The van der Waals surface area contributed by atoms with E-state index in [4.69, 9.17) is 9.15 Å². The van der Waals surface area contributed by atoms with E-state index < -0.39 is 23.4 Å². The first-order valence-electron chi connectivity index (χ1n) is 9.75. The second-order valence-electron chi connectivity index (χ2n) is 7.26. The van der Waals surface area contributed by atoms with Crippen molar-refractivity contribution in [3.05, 3.63) is 57.8 Å². The SMILES string of the molecule is COc1cccc2cc(C(=O)N3CCN(c4cc(C(F)(F)F)nc(C)n4)CC3)c(=O)oc12. The monoisotopic (exact) mass is 448 g/mol. The summed E-state index contributed by atoms with van der Waals surface area (Å²) in [6.07, 6.45) is -4.58. The first-order chi connectivity index (χ1) is 15.2. The molecule has 4 rings (SSSR count). The molecule has 1 aromatic carbocycles. The highest BCUT2D eigenvalue weighted by molar-refractivity contribution is 5.97. The molecule has 3 heterocycles. The van der Waals surface area contributed by atoms with Gasteiger partial charge in [0.05, 0.1) is 7.11 Å². The molecule has 11 heteroatoms. The summed E-state index contributed by atoms with van der Waals surface area (Å²) < 4.78 is 49.7. The van der Waals surface area contributed by atoms with Crippen molar-refractivity contribution in [2.45, 2.75) is 13.1 Å². The zero-order valence-electron chi connectivity index (χ0n) is 17.3. The average molecular weight is 448 g/mol. The van der Waals surface area contributed by atoms with Gasteiger partial charge in [0.15, 0.2) is 11.3 Å². The summed E-state index contributed by atoms with van der Waals surface area (Å²) in [6.45, 7) is 2.32. The number of halogens is 3. The van der Waals surface area contributed by atoms with E-state index in [0.29, 0.717) is 11.1 Å². The van der Waals surface area contributed by atoms with Crippen LogP contribution >= 0.6 is 0 Å². The molecule has 3 aromatic rings. The number of methoxy groups -OCH3 is 1. The Morgan fingerprint density at radius 1 is 1.12 bits per heavy atom. The van der Waals surface area contributed by atoms with Crippen LogP contribution in [0, 0.1) is 6.92 Å². The van der Waals surface area contributed by atoms with Crippen LogP contribution in [0.2, 0.25) is 0 Å². The van der Waals surface area contributed by atoms with Gasteiger partial charge in [0, 0.05) is 37.6 Å². The fourth-order valence-corrected chi connectivity index (χ4v) is 3.60. The lowest BCUT2D eigenvalue weighted by atomic mass is 10.1. The van der Waals surface area contributed by atoms with E-state index in [1.807, 2.05) is 0 Å². The van der Waals surface area contributed by atoms with Crippen LogP contribution in [0.1, 0.15) is 21.9 Å². The highest BCUT2D eigenvalue weighted by Crippen LogP contribution is 2.30. The van der Waals surface area contributed by atoms with E-state index in [1.165, 1.54) is 25.0 Å². The van der Waals surface area contributed by atoms with Crippen LogP contribution < -0.4 is 15.3 Å². The van der Waals surface area contributed by atoms with Crippen LogP contribution in [0.4, 0.5) is 19.0 Å². The van der Waals surface area contributed by atoms with Crippen molar-refractivity contribution >= 4 is 22.7 Å². The molecule has 1 aliphatic heterocycles. The predicted molar refractivity (Wildman–Crippen MR) is 109 cm³/mol. The number of nitrogens with zero attached hydrogens (tertiary/aromatic N) is 4. The number of hydrogen-bond acceptors (Lipinski definition) is 7. The number of anilines is 1. The standard InChI is InChI=1S/C21H19F3N4O4/c1-12-25-16(21(22,23)24)11-17(26-12)27-6-8-28(9-7-27)19(29)14-10-13-4-3-5-15(31-2)18(13)32-20(14)30/h3-5,10-11H,6-9H2,1-2H3. The smallest absolute Gasteiger partial charge is 0.433 e. The van der Waals surface area contributed by atoms with E-state index in [0.717, 1.165) is 6.07 Å². The number of carbonyl (C=O) groups excluding carboxylic acids is 1. The third-order valence-corrected chi connectivity index (χ3v) is 5.18. The Balaban J connectivity index is 1.53. The number of benzene rings is 1. The molecule has 1 aliphatic rings. The van der Waals surface area contributed by atoms with Crippen LogP contribution in [0.15, 0.2) is 39.5 Å². The Hall–Kier alpha value is -3.63. The first kappa shape index (κ1) is 21.6. The number of amides is 1. The molecule has 1 fully saturated rings. The van der Waals surface area contributed by atoms with Crippen molar-refractivity contribution in [1.29, 1.82) is 0 Å². The third-order valence-electron chi connectivity index (χ3n) is 5.18. The van der Waals surface area contributed by atoms with Gasteiger partial charge in [0.25, 0.3) is 5.91 Å². The van der Waals surface area contributed by atoms with Crippen LogP contribution in [-0.2, 0) is 6.18 Å². The molecule has 0 bridgehead atoms. The van der Waals surface area contributed by atoms with Gasteiger partial charge in [-0.05, 0) is 19.1 Å². The molecule has 0 unspecified atom stereocenters. The number of piperazine rings is 1. The van der Waals surface area contributed by atoms with Gasteiger partial charge in [-0.1, -0.05) is 12.1 Å². The largest absolute Gasteiger partial charge is 0.493 e. The van der Waals surface area contributed by atoms with E-state index in [1.54, 1.807) is 23.1 Å². The summed E-state index contributed by atoms with van der Waals surface area (Å²) in [7, 11) is 1.45. The van der Waals surface area contributed by atoms with E-state index in [2.05, 4.69) is 9.97 Å². The number of para-hydroxylation sites is 1.